The lowest BCUT2D eigenvalue weighted by molar-refractivity contribution is 0.0708. The highest BCUT2D eigenvalue weighted by Crippen LogP contribution is 2.31. The zero-order valence-electron chi connectivity index (χ0n) is 11.4. The van der Waals surface area contributed by atoms with Crippen molar-refractivity contribution in [3.05, 3.63) is 23.8 Å². The van der Waals surface area contributed by atoms with Gasteiger partial charge < -0.3 is 19.1 Å². The summed E-state index contributed by atoms with van der Waals surface area (Å²) in [5, 5.41) is 0.729. The van der Waals surface area contributed by atoms with Crippen LogP contribution in [0.1, 0.15) is 10.4 Å². The van der Waals surface area contributed by atoms with E-state index in [0.717, 1.165) is 5.33 Å². The molecule has 0 bridgehead atoms. The Balaban J connectivity index is 2.13. The van der Waals surface area contributed by atoms with Gasteiger partial charge in [0.2, 0.25) is 0 Å². The number of amides is 1. The van der Waals surface area contributed by atoms with Gasteiger partial charge in [-0.25, -0.2) is 0 Å². The molecule has 0 aliphatic carbocycles. The highest BCUT2D eigenvalue weighted by atomic mass is 79.9. The van der Waals surface area contributed by atoms with Gasteiger partial charge in [0.25, 0.3) is 5.91 Å². The van der Waals surface area contributed by atoms with Crippen LogP contribution in [0.15, 0.2) is 18.2 Å². The molecule has 1 aliphatic heterocycles. The van der Waals surface area contributed by atoms with Crippen LogP contribution in [0.25, 0.3) is 0 Å². The van der Waals surface area contributed by atoms with Gasteiger partial charge in [-0.05, 0) is 18.2 Å². The Morgan fingerprint density at radius 3 is 2.75 bits per heavy atom. The number of carbonyl (C=O) groups excluding carboxylic acids is 1. The largest absolute Gasteiger partial charge is 0.486 e. The zero-order valence-corrected chi connectivity index (χ0v) is 13.0. The summed E-state index contributed by atoms with van der Waals surface area (Å²) in [6, 6.07) is 5.29. The molecule has 0 fully saturated rings. The molecule has 1 aromatic carbocycles. The van der Waals surface area contributed by atoms with Gasteiger partial charge >= 0.3 is 0 Å². The summed E-state index contributed by atoms with van der Waals surface area (Å²) in [5.74, 6) is 1.29. The monoisotopic (exact) mass is 343 g/mol. The molecule has 1 amide bonds. The topological polar surface area (TPSA) is 48.0 Å². The van der Waals surface area contributed by atoms with E-state index in [1.54, 1.807) is 30.2 Å². The quantitative estimate of drug-likeness (QED) is 0.740. The van der Waals surface area contributed by atoms with Gasteiger partial charge in [0.1, 0.15) is 13.2 Å². The number of ether oxygens (including phenoxy) is 3. The molecule has 2 rings (SSSR count). The Bertz CT molecular complexity index is 466. The number of hydrogen-bond donors (Lipinski definition) is 0. The van der Waals surface area contributed by atoms with Gasteiger partial charge in [-0.2, -0.15) is 0 Å². The van der Waals surface area contributed by atoms with E-state index in [2.05, 4.69) is 15.9 Å². The molecule has 6 heteroatoms. The minimum Gasteiger partial charge on any atom is -0.486 e. The smallest absolute Gasteiger partial charge is 0.254 e. The summed E-state index contributed by atoms with van der Waals surface area (Å²) in [7, 11) is 1.63. The third-order valence-electron chi connectivity index (χ3n) is 3.00. The minimum absolute atomic E-state index is 0.0292. The number of hydrogen-bond acceptors (Lipinski definition) is 4. The molecule has 0 aromatic heterocycles. The molecule has 0 saturated carbocycles. The SMILES string of the molecule is COCCN(CCBr)C(=O)c1ccc2c(c1)OCCO2. The molecule has 1 heterocycles. The Morgan fingerprint density at radius 2 is 2.05 bits per heavy atom. The molecule has 0 spiro atoms. The minimum atomic E-state index is -0.0292. The number of alkyl halides is 1. The van der Waals surface area contributed by atoms with Crippen LogP contribution in [-0.4, -0.2) is 56.2 Å². The molecule has 0 N–H and O–H groups in total. The number of nitrogens with zero attached hydrogens (tertiary/aromatic N) is 1. The van der Waals surface area contributed by atoms with Crippen molar-refractivity contribution in [2.45, 2.75) is 0 Å². The Labute approximate surface area is 126 Å². The zero-order chi connectivity index (χ0) is 14.4. The second kappa shape index (κ2) is 7.50. The van der Waals surface area contributed by atoms with Crippen molar-refractivity contribution in [2.75, 3.05) is 45.4 Å². The van der Waals surface area contributed by atoms with E-state index in [0.29, 0.717) is 50.0 Å². The van der Waals surface area contributed by atoms with Crippen molar-refractivity contribution in [1.82, 2.24) is 4.90 Å². The number of rotatable bonds is 6. The van der Waals surface area contributed by atoms with E-state index < -0.39 is 0 Å². The van der Waals surface area contributed by atoms with E-state index >= 15 is 0 Å². The summed E-state index contributed by atoms with van der Waals surface area (Å²) in [6.07, 6.45) is 0. The maximum Gasteiger partial charge on any atom is 0.254 e. The fraction of sp³-hybridized carbons (Fsp3) is 0.500. The summed E-state index contributed by atoms with van der Waals surface area (Å²) in [5.41, 5.74) is 0.603. The van der Waals surface area contributed by atoms with Crippen molar-refractivity contribution >= 4 is 21.8 Å². The van der Waals surface area contributed by atoms with Crippen molar-refractivity contribution in [3.63, 3.8) is 0 Å². The molecular weight excluding hydrogens is 326 g/mol. The number of halogens is 1. The molecule has 0 saturated heterocycles. The molecule has 5 nitrogen and oxygen atoms in total. The average Bonchev–Trinajstić information content (AvgIpc) is 2.50. The van der Waals surface area contributed by atoms with Gasteiger partial charge in [-0.1, -0.05) is 15.9 Å². The first-order chi connectivity index (χ1) is 9.76. The summed E-state index contributed by atoms with van der Waals surface area (Å²) in [4.78, 5) is 14.2. The number of methoxy groups -OCH3 is 1. The molecule has 20 heavy (non-hydrogen) atoms. The third kappa shape index (κ3) is 3.64. The fourth-order valence-corrected chi connectivity index (χ4v) is 2.41. The van der Waals surface area contributed by atoms with Crippen LogP contribution in [0, 0.1) is 0 Å². The van der Waals surface area contributed by atoms with Gasteiger partial charge in [0.15, 0.2) is 11.5 Å². The predicted octanol–water partition coefficient (Wildman–Crippen LogP) is 1.94. The standard InChI is InChI=1S/C14H18BrNO4/c1-18-7-6-16(5-4-15)14(17)11-2-3-12-13(10-11)20-9-8-19-12/h2-3,10H,4-9H2,1H3. The Kier molecular flexibility index (Phi) is 5.67. The van der Waals surface area contributed by atoms with Crippen LogP contribution in [0.2, 0.25) is 0 Å². The number of fused-ring (bicyclic) bond motifs is 1. The van der Waals surface area contributed by atoms with Gasteiger partial charge in [0, 0.05) is 31.1 Å². The Morgan fingerprint density at radius 1 is 1.30 bits per heavy atom. The molecule has 1 aliphatic rings. The summed E-state index contributed by atoms with van der Waals surface area (Å²) >= 11 is 3.36. The van der Waals surface area contributed by atoms with Crippen LogP contribution in [0.5, 0.6) is 11.5 Å². The maximum absolute atomic E-state index is 12.5. The van der Waals surface area contributed by atoms with E-state index in [9.17, 15) is 4.79 Å². The highest BCUT2D eigenvalue weighted by Gasteiger charge is 2.19. The van der Waals surface area contributed by atoms with E-state index in [1.807, 2.05) is 0 Å². The van der Waals surface area contributed by atoms with E-state index in [1.165, 1.54) is 0 Å². The van der Waals surface area contributed by atoms with Gasteiger partial charge in [0.05, 0.1) is 6.61 Å². The lowest BCUT2D eigenvalue weighted by atomic mass is 10.1. The average molecular weight is 344 g/mol. The first-order valence-corrected chi connectivity index (χ1v) is 7.62. The second-order valence-electron chi connectivity index (χ2n) is 4.33. The molecule has 0 atom stereocenters. The van der Waals surface area contributed by atoms with E-state index in [-0.39, 0.29) is 5.91 Å². The van der Waals surface area contributed by atoms with Crippen molar-refractivity contribution in [3.8, 4) is 11.5 Å². The van der Waals surface area contributed by atoms with Crippen LogP contribution in [0.3, 0.4) is 0 Å². The van der Waals surface area contributed by atoms with Crippen molar-refractivity contribution < 1.29 is 19.0 Å². The summed E-state index contributed by atoms with van der Waals surface area (Å²) in [6.45, 7) is 2.78. The normalized spacial score (nSPS) is 13.1. The fourth-order valence-electron chi connectivity index (χ4n) is 1.98. The summed E-state index contributed by atoms with van der Waals surface area (Å²) < 4.78 is 16.0. The molecule has 0 radical (unpaired) electrons. The second-order valence-corrected chi connectivity index (χ2v) is 5.13. The van der Waals surface area contributed by atoms with Crippen LogP contribution >= 0.6 is 15.9 Å². The molecule has 0 unspecified atom stereocenters. The number of benzene rings is 1. The van der Waals surface area contributed by atoms with Gasteiger partial charge in [-0.3, -0.25) is 4.79 Å². The molecular formula is C14H18BrNO4. The predicted molar refractivity (Wildman–Crippen MR) is 79.0 cm³/mol. The lowest BCUT2D eigenvalue weighted by Crippen LogP contribution is -2.35. The third-order valence-corrected chi connectivity index (χ3v) is 3.35. The van der Waals surface area contributed by atoms with Gasteiger partial charge in [-0.15, -0.1) is 0 Å². The first-order valence-electron chi connectivity index (χ1n) is 6.50. The maximum atomic E-state index is 12.5. The molecule has 110 valence electrons. The molecule has 1 aromatic rings. The van der Waals surface area contributed by atoms with Crippen molar-refractivity contribution in [2.24, 2.45) is 0 Å². The van der Waals surface area contributed by atoms with Crippen molar-refractivity contribution in [1.29, 1.82) is 0 Å². The lowest BCUT2D eigenvalue weighted by Gasteiger charge is -2.23. The van der Waals surface area contributed by atoms with Crippen LogP contribution in [0.4, 0.5) is 0 Å². The number of carbonyl (C=O) groups is 1. The Hall–Kier alpha value is -1.27. The highest BCUT2D eigenvalue weighted by molar-refractivity contribution is 9.09. The van der Waals surface area contributed by atoms with Crippen LogP contribution < -0.4 is 9.47 Å². The van der Waals surface area contributed by atoms with Crippen LogP contribution in [-0.2, 0) is 4.74 Å². The van der Waals surface area contributed by atoms with E-state index in [4.69, 9.17) is 14.2 Å². The first kappa shape index (κ1) is 15.1.